The van der Waals surface area contributed by atoms with Crippen LogP contribution in [0.1, 0.15) is 21.6 Å². The van der Waals surface area contributed by atoms with E-state index in [1.807, 2.05) is 6.07 Å². The minimum atomic E-state index is -1.01. The maximum absolute atomic E-state index is 14.8. The Hall–Kier alpha value is -3.22. The first-order valence-electron chi connectivity index (χ1n) is 8.70. The van der Waals surface area contributed by atoms with Crippen LogP contribution in [0.5, 0.6) is 0 Å². The molecular weight excluding hydrogens is 393 g/mol. The van der Waals surface area contributed by atoms with Crippen molar-refractivity contribution in [3.05, 3.63) is 70.7 Å². The summed E-state index contributed by atoms with van der Waals surface area (Å²) in [6, 6.07) is 9.17. The number of hydrogen-bond donors (Lipinski definition) is 2. The van der Waals surface area contributed by atoms with Crippen molar-refractivity contribution in [2.75, 3.05) is 18.5 Å². The van der Waals surface area contributed by atoms with E-state index < -0.39 is 17.3 Å². The predicted molar refractivity (Wildman–Crippen MR) is 108 cm³/mol. The van der Waals surface area contributed by atoms with Crippen molar-refractivity contribution in [1.82, 2.24) is 4.98 Å². The number of fused-ring (bicyclic) bond motifs is 1. The smallest absolute Gasteiger partial charge is 0.274 e. The number of anilines is 1. The van der Waals surface area contributed by atoms with Crippen LogP contribution in [0.25, 0.3) is 0 Å². The van der Waals surface area contributed by atoms with Crippen molar-refractivity contribution >= 4 is 28.5 Å². The zero-order valence-corrected chi connectivity index (χ0v) is 16.0. The van der Waals surface area contributed by atoms with Gasteiger partial charge in [-0.15, -0.1) is 0 Å². The Balaban J connectivity index is 1.68. The van der Waals surface area contributed by atoms with E-state index in [9.17, 15) is 9.18 Å². The number of nitrogens with zero attached hydrogens (tertiary/aromatic N) is 3. The first-order chi connectivity index (χ1) is 13.9. The molecule has 2 unspecified atom stereocenters. The molecule has 0 spiro atoms. The summed E-state index contributed by atoms with van der Waals surface area (Å²) in [5.41, 5.74) is 6.10. The van der Waals surface area contributed by atoms with Gasteiger partial charge in [0.05, 0.1) is 18.8 Å². The first kappa shape index (κ1) is 19.1. The van der Waals surface area contributed by atoms with Crippen molar-refractivity contribution in [2.45, 2.75) is 5.54 Å². The summed E-state index contributed by atoms with van der Waals surface area (Å²) < 4.78 is 20.4. The van der Waals surface area contributed by atoms with Crippen LogP contribution in [0.4, 0.5) is 10.1 Å². The number of pyridine rings is 1. The number of ether oxygens (including phenoxy) is 1. The Morgan fingerprint density at radius 1 is 1.45 bits per heavy atom. The number of nitrogens with one attached hydrogen (secondary N) is 1. The maximum Gasteiger partial charge on any atom is 0.274 e. The molecule has 7 nitrogen and oxygen atoms in total. The predicted octanol–water partition coefficient (Wildman–Crippen LogP) is 2.76. The summed E-state index contributed by atoms with van der Waals surface area (Å²) in [5.74, 6) is -1.16. The van der Waals surface area contributed by atoms with Crippen LogP contribution in [-0.4, -0.2) is 29.3 Å². The van der Waals surface area contributed by atoms with Gasteiger partial charge in [0, 0.05) is 23.4 Å². The average molecular weight is 409 g/mol. The number of halogens is 1. The number of benzene rings is 1. The van der Waals surface area contributed by atoms with Crippen LogP contribution in [0.15, 0.2) is 53.0 Å². The molecule has 2 atom stereocenters. The Morgan fingerprint density at radius 3 is 3.00 bits per heavy atom. The lowest BCUT2D eigenvalue weighted by Gasteiger charge is -2.35. The van der Waals surface area contributed by atoms with Crippen LogP contribution >= 0.6 is 11.8 Å². The van der Waals surface area contributed by atoms with E-state index in [0.717, 1.165) is 4.91 Å². The highest BCUT2D eigenvalue weighted by atomic mass is 32.2. The molecule has 146 valence electrons. The number of amides is 1. The Bertz CT molecular complexity index is 1080. The fourth-order valence-corrected chi connectivity index (χ4v) is 4.40. The van der Waals surface area contributed by atoms with Crippen molar-refractivity contribution in [3.63, 3.8) is 0 Å². The molecule has 3 heterocycles. The van der Waals surface area contributed by atoms with Gasteiger partial charge in [-0.1, -0.05) is 18.3 Å². The molecule has 1 saturated heterocycles. The Morgan fingerprint density at radius 2 is 2.28 bits per heavy atom. The summed E-state index contributed by atoms with van der Waals surface area (Å²) >= 11 is 1.26. The molecule has 3 N–H and O–H groups in total. The SMILES string of the molecule is C=C1SC(N)=NC2(c3cc(NC(=O)c4ccc(C#N)cn4)ccc3F)COCC12. The summed E-state index contributed by atoms with van der Waals surface area (Å²) in [6.45, 7) is 4.57. The number of aromatic nitrogens is 1. The van der Waals surface area contributed by atoms with Crippen LogP contribution in [0.2, 0.25) is 0 Å². The van der Waals surface area contributed by atoms with Crippen LogP contribution in [0.3, 0.4) is 0 Å². The molecule has 2 aliphatic rings. The zero-order chi connectivity index (χ0) is 20.6. The molecule has 9 heteroatoms. The Labute approximate surface area is 170 Å². The molecule has 1 fully saturated rings. The highest BCUT2D eigenvalue weighted by Gasteiger charge is 2.51. The van der Waals surface area contributed by atoms with E-state index in [1.165, 1.54) is 42.2 Å². The van der Waals surface area contributed by atoms with Gasteiger partial charge >= 0.3 is 0 Å². The number of carbonyl (C=O) groups excluding carboxylic acids is 1. The van der Waals surface area contributed by atoms with Gasteiger partial charge in [0.1, 0.15) is 23.1 Å². The quantitative estimate of drug-likeness (QED) is 0.806. The third kappa shape index (κ3) is 3.37. The van der Waals surface area contributed by atoms with E-state index in [0.29, 0.717) is 23.0 Å². The van der Waals surface area contributed by atoms with E-state index in [1.54, 1.807) is 6.07 Å². The molecule has 29 heavy (non-hydrogen) atoms. The highest BCUT2D eigenvalue weighted by Crippen LogP contribution is 2.50. The lowest BCUT2D eigenvalue weighted by molar-refractivity contribution is 0.102. The number of aliphatic imine (C=N–C) groups is 1. The van der Waals surface area contributed by atoms with Crippen molar-refractivity contribution in [2.24, 2.45) is 16.6 Å². The maximum atomic E-state index is 14.8. The number of amidine groups is 1. The van der Waals surface area contributed by atoms with E-state index in [4.69, 9.17) is 15.7 Å². The molecule has 0 saturated carbocycles. The van der Waals surface area contributed by atoms with Crippen LogP contribution < -0.4 is 11.1 Å². The van der Waals surface area contributed by atoms with Crippen LogP contribution in [0, 0.1) is 23.1 Å². The minimum Gasteiger partial charge on any atom is -0.378 e. The molecule has 1 aromatic heterocycles. The van der Waals surface area contributed by atoms with Crippen molar-refractivity contribution < 1.29 is 13.9 Å². The largest absolute Gasteiger partial charge is 0.378 e. The third-order valence-electron chi connectivity index (χ3n) is 4.93. The number of rotatable bonds is 3. The zero-order valence-electron chi connectivity index (χ0n) is 15.2. The van der Waals surface area contributed by atoms with Crippen molar-refractivity contribution in [3.8, 4) is 6.07 Å². The first-order valence-corrected chi connectivity index (χ1v) is 9.52. The van der Waals surface area contributed by atoms with Gasteiger partial charge in [0.25, 0.3) is 5.91 Å². The Kier molecular flexibility index (Phi) is 4.82. The molecular formula is C20H16FN5O2S. The minimum absolute atomic E-state index is 0.139. The van der Waals surface area contributed by atoms with Crippen molar-refractivity contribution in [1.29, 1.82) is 5.26 Å². The number of carbonyl (C=O) groups is 1. The number of thioether (sulfide) groups is 1. The summed E-state index contributed by atoms with van der Waals surface area (Å²) in [4.78, 5) is 21.7. The molecule has 0 bridgehead atoms. The van der Waals surface area contributed by atoms with Crippen LogP contribution in [-0.2, 0) is 10.3 Å². The summed E-state index contributed by atoms with van der Waals surface area (Å²) in [5, 5.41) is 11.8. The second kappa shape index (κ2) is 7.31. The average Bonchev–Trinajstić information content (AvgIpc) is 3.14. The van der Waals surface area contributed by atoms with E-state index >= 15 is 0 Å². The number of hydrogen-bond acceptors (Lipinski definition) is 7. The normalized spacial score (nSPS) is 23.1. The van der Waals surface area contributed by atoms with Gasteiger partial charge < -0.3 is 15.8 Å². The fraction of sp³-hybridized carbons (Fsp3) is 0.200. The molecule has 4 rings (SSSR count). The molecule has 2 aliphatic heterocycles. The molecule has 0 radical (unpaired) electrons. The third-order valence-corrected chi connectivity index (χ3v) is 5.78. The molecule has 1 aromatic carbocycles. The van der Waals surface area contributed by atoms with Gasteiger partial charge in [-0.2, -0.15) is 5.26 Å². The fourth-order valence-electron chi connectivity index (χ4n) is 3.52. The number of nitriles is 1. The van der Waals surface area contributed by atoms with Gasteiger partial charge in [-0.05, 0) is 35.2 Å². The monoisotopic (exact) mass is 409 g/mol. The van der Waals surface area contributed by atoms with Gasteiger partial charge in [-0.3, -0.25) is 4.79 Å². The topological polar surface area (TPSA) is 113 Å². The summed E-state index contributed by atoms with van der Waals surface area (Å²) in [7, 11) is 0. The van der Waals surface area contributed by atoms with Gasteiger partial charge in [-0.25, -0.2) is 14.4 Å². The second-order valence-electron chi connectivity index (χ2n) is 6.70. The lowest BCUT2D eigenvalue weighted by Crippen LogP contribution is -2.39. The van der Waals surface area contributed by atoms with Gasteiger partial charge in [0.2, 0.25) is 0 Å². The second-order valence-corrected chi connectivity index (χ2v) is 7.85. The highest BCUT2D eigenvalue weighted by molar-refractivity contribution is 8.17. The van der Waals surface area contributed by atoms with Gasteiger partial charge in [0.15, 0.2) is 5.17 Å². The lowest BCUT2D eigenvalue weighted by atomic mass is 9.80. The standard InChI is InChI=1S/C20H16FN5O2S/c1-11-15-9-28-10-20(15,26-19(23)29-11)14-6-13(3-4-16(14)21)25-18(27)17-5-2-12(7-22)8-24-17/h2-6,8,15H,1,9-10H2,(H2,23,26)(H,25,27). The summed E-state index contributed by atoms with van der Waals surface area (Å²) in [6.07, 6.45) is 1.31. The molecule has 1 amide bonds. The van der Waals surface area contributed by atoms with E-state index in [2.05, 4.69) is 21.9 Å². The van der Waals surface area contributed by atoms with E-state index in [-0.39, 0.29) is 23.8 Å². The number of nitrogens with two attached hydrogens (primary N) is 1. The molecule has 2 aromatic rings. The molecule has 0 aliphatic carbocycles.